The molecular weight excluding hydrogens is 326 g/mol. The summed E-state index contributed by atoms with van der Waals surface area (Å²) in [6.07, 6.45) is 10.9. The van der Waals surface area contributed by atoms with E-state index in [9.17, 15) is 9.59 Å². The monoisotopic (exact) mass is 351 g/mol. The fourth-order valence-corrected chi connectivity index (χ4v) is 3.43. The van der Waals surface area contributed by atoms with Crippen LogP contribution in [0.25, 0.3) is 0 Å². The third-order valence-electron chi connectivity index (χ3n) is 5.43. The summed E-state index contributed by atoms with van der Waals surface area (Å²) in [5.74, 6) is 7.70. The van der Waals surface area contributed by atoms with Crippen LogP contribution in [-0.4, -0.2) is 22.3 Å². The Balaban J connectivity index is 1.44. The molecule has 4 rings (SSSR count). The predicted octanol–water partition coefficient (Wildman–Crippen LogP) is 3.01. The Morgan fingerprint density at radius 3 is 2.31 bits per heavy atom. The number of pyridine rings is 1. The van der Waals surface area contributed by atoms with Gasteiger partial charge in [0.2, 0.25) is 11.8 Å². The molecule has 3 fully saturated rings. The summed E-state index contributed by atoms with van der Waals surface area (Å²) in [7, 11) is 0. The molecule has 2 N–H and O–H groups in total. The zero-order valence-corrected chi connectivity index (χ0v) is 15.0. The van der Waals surface area contributed by atoms with E-state index >= 15 is 0 Å². The van der Waals surface area contributed by atoms with Crippen LogP contribution in [0.5, 0.6) is 0 Å². The fourth-order valence-electron chi connectivity index (χ4n) is 3.43. The van der Waals surface area contributed by atoms with E-state index in [1.54, 1.807) is 12.3 Å². The number of amides is 2. The number of hydrogen-bond donors (Lipinski definition) is 2. The molecule has 3 aliphatic carbocycles. The van der Waals surface area contributed by atoms with E-state index < -0.39 is 5.54 Å². The lowest BCUT2D eigenvalue weighted by atomic mass is 9.81. The normalized spacial score (nSPS) is 21.2. The van der Waals surface area contributed by atoms with Crippen LogP contribution in [-0.2, 0) is 9.59 Å². The van der Waals surface area contributed by atoms with E-state index in [2.05, 4.69) is 27.5 Å². The van der Waals surface area contributed by atoms with Gasteiger partial charge in [-0.15, -0.1) is 0 Å². The zero-order chi connectivity index (χ0) is 18.0. The lowest BCUT2D eigenvalue weighted by molar-refractivity contribution is -0.124. The molecule has 3 aliphatic rings. The predicted molar refractivity (Wildman–Crippen MR) is 99.2 cm³/mol. The average molecular weight is 351 g/mol. The van der Waals surface area contributed by atoms with Gasteiger partial charge in [-0.1, -0.05) is 31.1 Å². The van der Waals surface area contributed by atoms with Gasteiger partial charge in [-0.2, -0.15) is 0 Å². The Bertz CT molecular complexity index is 746. The van der Waals surface area contributed by atoms with Crippen molar-refractivity contribution in [2.75, 3.05) is 5.32 Å². The minimum atomic E-state index is -0.392. The highest BCUT2D eigenvalue weighted by Crippen LogP contribution is 2.33. The maximum Gasteiger partial charge on any atom is 0.228 e. The van der Waals surface area contributed by atoms with Crippen molar-refractivity contribution in [1.29, 1.82) is 0 Å². The number of carbonyl (C=O) groups excluding carboxylic acids is 2. The van der Waals surface area contributed by atoms with Gasteiger partial charge < -0.3 is 10.6 Å². The van der Waals surface area contributed by atoms with Crippen molar-refractivity contribution < 1.29 is 9.59 Å². The van der Waals surface area contributed by atoms with Crippen LogP contribution in [0.3, 0.4) is 0 Å². The third kappa shape index (κ3) is 4.24. The molecule has 5 heteroatoms. The summed E-state index contributed by atoms with van der Waals surface area (Å²) < 4.78 is 0. The van der Waals surface area contributed by atoms with E-state index in [-0.39, 0.29) is 23.7 Å². The van der Waals surface area contributed by atoms with E-state index in [1.165, 1.54) is 6.42 Å². The second kappa shape index (κ2) is 7.11. The number of anilines is 1. The number of hydrogen-bond acceptors (Lipinski definition) is 3. The van der Waals surface area contributed by atoms with Crippen molar-refractivity contribution in [2.45, 2.75) is 63.3 Å². The van der Waals surface area contributed by atoms with Crippen LogP contribution in [0.4, 0.5) is 5.82 Å². The molecule has 26 heavy (non-hydrogen) atoms. The molecule has 0 bridgehead atoms. The molecule has 0 aromatic carbocycles. The molecule has 5 nitrogen and oxygen atoms in total. The molecule has 136 valence electrons. The van der Waals surface area contributed by atoms with Crippen molar-refractivity contribution in [3.63, 3.8) is 0 Å². The van der Waals surface area contributed by atoms with Gasteiger partial charge in [-0.05, 0) is 50.7 Å². The Kier molecular flexibility index (Phi) is 4.67. The van der Waals surface area contributed by atoms with Gasteiger partial charge in [-0.3, -0.25) is 9.59 Å². The van der Waals surface area contributed by atoms with Crippen molar-refractivity contribution >= 4 is 17.6 Å². The fraction of sp³-hybridized carbons (Fsp3) is 0.571. The standard InChI is InChI=1S/C21H25N3O2/c25-19(16-5-6-16)23-18-9-4-15(14-22-18)10-13-21(11-2-1-3-12-21)24-20(26)17-7-8-17/h4,9,14,16-17H,1-3,5-8,11-12H2,(H,24,26)(H,22,23,25). The quantitative estimate of drug-likeness (QED) is 0.819. The SMILES string of the molecule is O=C(Nc1ccc(C#CC2(NC(=O)C3CC3)CCCCC2)cn1)C1CC1. The maximum atomic E-state index is 12.3. The minimum absolute atomic E-state index is 0.0558. The molecule has 1 heterocycles. The molecule has 0 radical (unpaired) electrons. The summed E-state index contributed by atoms with van der Waals surface area (Å²) in [4.78, 5) is 28.3. The van der Waals surface area contributed by atoms with Crippen molar-refractivity contribution in [2.24, 2.45) is 11.8 Å². The van der Waals surface area contributed by atoms with E-state index in [0.29, 0.717) is 5.82 Å². The molecule has 0 unspecified atom stereocenters. The zero-order valence-electron chi connectivity index (χ0n) is 15.0. The number of carbonyl (C=O) groups is 2. The minimum Gasteiger partial charge on any atom is -0.340 e. The summed E-state index contributed by atoms with van der Waals surface area (Å²) in [5.41, 5.74) is 0.414. The van der Waals surface area contributed by atoms with Crippen LogP contribution < -0.4 is 10.6 Å². The van der Waals surface area contributed by atoms with Gasteiger partial charge in [0.05, 0.1) is 0 Å². The van der Waals surface area contributed by atoms with Crippen molar-refractivity contribution in [3.05, 3.63) is 23.9 Å². The Morgan fingerprint density at radius 2 is 1.69 bits per heavy atom. The molecule has 0 spiro atoms. The second-order valence-electron chi connectivity index (χ2n) is 7.85. The van der Waals surface area contributed by atoms with E-state index in [1.807, 2.05) is 6.07 Å². The molecule has 0 aliphatic heterocycles. The number of rotatable bonds is 4. The van der Waals surface area contributed by atoms with Crippen LogP contribution in [0.15, 0.2) is 18.3 Å². The first-order chi connectivity index (χ1) is 12.6. The van der Waals surface area contributed by atoms with Gasteiger partial charge in [0.25, 0.3) is 0 Å². The second-order valence-corrected chi connectivity index (χ2v) is 7.85. The van der Waals surface area contributed by atoms with Crippen LogP contribution in [0.1, 0.15) is 63.4 Å². The van der Waals surface area contributed by atoms with Crippen LogP contribution in [0.2, 0.25) is 0 Å². The summed E-state index contributed by atoms with van der Waals surface area (Å²) in [6.45, 7) is 0. The largest absolute Gasteiger partial charge is 0.340 e. The van der Waals surface area contributed by atoms with Gasteiger partial charge >= 0.3 is 0 Å². The number of nitrogens with one attached hydrogen (secondary N) is 2. The molecule has 1 aromatic heterocycles. The Hall–Kier alpha value is -2.35. The highest BCUT2D eigenvalue weighted by molar-refractivity contribution is 5.93. The summed E-state index contributed by atoms with van der Waals surface area (Å²) in [5, 5.41) is 6.07. The average Bonchev–Trinajstić information content (AvgIpc) is 3.54. The van der Waals surface area contributed by atoms with Gasteiger partial charge in [-0.25, -0.2) is 4.98 Å². The van der Waals surface area contributed by atoms with Crippen LogP contribution >= 0.6 is 0 Å². The number of nitrogens with zero attached hydrogens (tertiary/aromatic N) is 1. The molecule has 1 aromatic rings. The highest BCUT2D eigenvalue weighted by atomic mass is 16.2. The third-order valence-corrected chi connectivity index (χ3v) is 5.43. The van der Waals surface area contributed by atoms with Crippen molar-refractivity contribution in [3.8, 4) is 11.8 Å². The molecular formula is C21H25N3O2. The van der Waals surface area contributed by atoms with Gasteiger partial charge in [0, 0.05) is 23.6 Å². The highest BCUT2D eigenvalue weighted by Gasteiger charge is 2.37. The summed E-state index contributed by atoms with van der Waals surface area (Å²) in [6, 6.07) is 3.67. The lowest BCUT2D eigenvalue weighted by Gasteiger charge is -2.33. The maximum absolute atomic E-state index is 12.3. The molecule has 2 amide bonds. The van der Waals surface area contributed by atoms with Crippen molar-refractivity contribution in [1.82, 2.24) is 10.3 Å². The smallest absolute Gasteiger partial charge is 0.228 e. The first-order valence-corrected chi connectivity index (χ1v) is 9.76. The van der Waals surface area contributed by atoms with E-state index in [0.717, 1.165) is 56.9 Å². The lowest BCUT2D eigenvalue weighted by Crippen LogP contribution is -2.49. The molecule has 0 saturated heterocycles. The van der Waals surface area contributed by atoms with Crippen LogP contribution in [0, 0.1) is 23.7 Å². The topological polar surface area (TPSA) is 71.1 Å². The number of aromatic nitrogens is 1. The van der Waals surface area contributed by atoms with Gasteiger partial charge in [0.1, 0.15) is 11.4 Å². The van der Waals surface area contributed by atoms with E-state index in [4.69, 9.17) is 0 Å². The molecule has 0 atom stereocenters. The van der Waals surface area contributed by atoms with Gasteiger partial charge in [0.15, 0.2) is 0 Å². The summed E-state index contributed by atoms with van der Waals surface area (Å²) >= 11 is 0. The Morgan fingerprint density at radius 1 is 1.00 bits per heavy atom. The first kappa shape index (κ1) is 17.1. The Labute approximate surface area is 154 Å². The molecule has 3 saturated carbocycles. The first-order valence-electron chi connectivity index (χ1n) is 9.76.